The van der Waals surface area contributed by atoms with Gasteiger partial charge in [0.2, 0.25) is 0 Å². The van der Waals surface area contributed by atoms with Crippen molar-refractivity contribution in [1.29, 1.82) is 5.26 Å². The second kappa shape index (κ2) is 4.94. The molecule has 3 heteroatoms. The lowest BCUT2D eigenvalue weighted by molar-refractivity contribution is 0.160. The van der Waals surface area contributed by atoms with E-state index in [1.165, 1.54) is 0 Å². The lowest BCUT2D eigenvalue weighted by Crippen LogP contribution is -1.85. The van der Waals surface area contributed by atoms with Crippen LogP contribution in [0.2, 0.25) is 0 Å². The van der Waals surface area contributed by atoms with Crippen LogP contribution in [-0.2, 0) is 4.84 Å². The highest BCUT2D eigenvalue weighted by atomic mass is 16.6. The normalized spacial score (nSPS) is 9.85. The Morgan fingerprint density at radius 2 is 2.23 bits per heavy atom. The molecule has 0 unspecified atom stereocenters. The van der Waals surface area contributed by atoms with Crippen LogP contribution >= 0.6 is 0 Å². The molecule has 0 N–H and O–H groups in total. The predicted molar refractivity (Wildman–Crippen MR) is 49.3 cm³/mol. The fraction of sp³-hybridized carbons (Fsp3) is 0.200. The first-order valence-electron chi connectivity index (χ1n) is 3.95. The van der Waals surface area contributed by atoms with Crippen LogP contribution in [0.4, 0.5) is 0 Å². The standard InChI is InChI=1S/C10H9N2O/c1-2-13-12-8-10-5-3-4-9(6-10)7-11/h3-6H,2H2,1H3. The van der Waals surface area contributed by atoms with E-state index in [0.29, 0.717) is 12.2 Å². The summed E-state index contributed by atoms with van der Waals surface area (Å²) in [5.41, 5.74) is 1.34. The Bertz CT molecular complexity index is 339. The van der Waals surface area contributed by atoms with Crippen molar-refractivity contribution in [3.05, 3.63) is 35.4 Å². The lowest BCUT2D eigenvalue weighted by Gasteiger charge is -1.92. The number of hydrogen-bond donors (Lipinski definition) is 0. The maximum absolute atomic E-state index is 8.59. The molecular formula is C10H9N2O. The molecule has 1 rings (SSSR count). The average Bonchev–Trinajstić information content (AvgIpc) is 2.19. The summed E-state index contributed by atoms with van der Waals surface area (Å²) in [5, 5.41) is 12.2. The number of rotatable bonds is 3. The first-order chi connectivity index (χ1) is 6.36. The van der Waals surface area contributed by atoms with Crippen molar-refractivity contribution in [2.24, 2.45) is 5.16 Å². The molecule has 65 valence electrons. The number of nitrogens with zero attached hydrogens (tertiary/aromatic N) is 2. The smallest absolute Gasteiger partial charge is 0.139 e. The lowest BCUT2D eigenvalue weighted by atomic mass is 10.1. The minimum Gasteiger partial charge on any atom is -0.396 e. The molecule has 0 atom stereocenters. The van der Waals surface area contributed by atoms with Gasteiger partial charge in [0, 0.05) is 5.56 Å². The summed E-state index contributed by atoms with van der Waals surface area (Å²) in [6.07, 6.45) is 2.67. The number of nitriles is 1. The van der Waals surface area contributed by atoms with Crippen LogP contribution in [0.3, 0.4) is 0 Å². The van der Waals surface area contributed by atoms with E-state index in [1.54, 1.807) is 18.2 Å². The van der Waals surface area contributed by atoms with Gasteiger partial charge in [0.05, 0.1) is 11.6 Å². The Labute approximate surface area is 77.2 Å². The Kier molecular flexibility index (Phi) is 3.52. The summed E-state index contributed by atoms with van der Waals surface area (Å²) in [4.78, 5) is 4.74. The summed E-state index contributed by atoms with van der Waals surface area (Å²) in [5.74, 6) is 0. The highest BCUT2D eigenvalue weighted by Crippen LogP contribution is 2.01. The van der Waals surface area contributed by atoms with Gasteiger partial charge < -0.3 is 4.84 Å². The van der Waals surface area contributed by atoms with Gasteiger partial charge in [-0.05, 0) is 19.1 Å². The zero-order chi connectivity index (χ0) is 9.52. The van der Waals surface area contributed by atoms with Crippen LogP contribution in [-0.4, -0.2) is 12.8 Å². The largest absolute Gasteiger partial charge is 0.396 e. The molecule has 0 amide bonds. The van der Waals surface area contributed by atoms with E-state index in [0.717, 1.165) is 5.56 Å². The summed E-state index contributed by atoms with van der Waals surface area (Å²) in [6.45, 7) is 2.36. The first kappa shape index (κ1) is 9.27. The van der Waals surface area contributed by atoms with Crippen molar-refractivity contribution >= 4 is 6.21 Å². The Hall–Kier alpha value is -1.82. The molecule has 0 saturated carbocycles. The van der Waals surface area contributed by atoms with Gasteiger partial charge in [-0.15, -0.1) is 0 Å². The quantitative estimate of drug-likeness (QED) is 0.516. The van der Waals surface area contributed by atoms with Crippen molar-refractivity contribution in [3.8, 4) is 6.07 Å². The molecule has 0 bridgehead atoms. The van der Waals surface area contributed by atoms with Crippen molar-refractivity contribution < 1.29 is 4.84 Å². The van der Waals surface area contributed by atoms with E-state index in [2.05, 4.69) is 11.4 Å². The van der Waals surface area contributed by atoms with E-state index in [4.69, 9.17) is 10.1 Å². The molecule has 1 aromatic rings. The second-order valence-electron chi connectivity index (χ2n) is 2.31. The van der Waals surface area contributed by atoms with Gasteiger partial charge in [-0.3, -0.25) is 0 Å². The van der Waals surface area contributed by atoms with Crippen molar-refractivity contribution in [1.82, 2.24) is 0 Å². The van der Waals surface area contributed by atoms with Gasteiger partial charge in [-0.25, -0.2) is 0 Å². The zero-order valence-electron chi connectivity index (χ0n) is 7.32. The molecule has 13 heavy (non-hydrogen) atoms. The summed E-state index contributed by atoms with van der Waals surface area (Å²) in [7, 11) is 0. The van der Waals surface area contributed by atoms with Crippen LogP contribution < -0.4 is 0 Å². The summed E-state index contributed by atoms with van der Waals surface area (Å²) in [6, 6.07) is 9.05. The van der Waals surface area contributed by atoms with Crippen molar-refractivity contribution in [3.63, 3.8) is 0 Å². The van der Waals surface area contributed by atoms with Gasteiger partial charge >= 0.3 is 0 Å². The second-order valence-corrected chi connectivity index (χ2v) is 2.31. The number of benzene rings is 1. The van der Waals surface area contributed by atoms with E-state index in [-0.39, 0.29) is 0 Å². The highest BCUT2D eigenvalue weighted by Gasteiger charge is 1.91. The van der Waals surface area contributed by atoms with Gasteiger partial charge in [0.25, 0.3) is 0 Å². The maximum atomic E-state index is 8.59. The topological polar surface area (TPSA) is 45.4 Å². The molecule has 0 spiro atoms. The molecule has 1 radical (unpaired) electrons. The van der Waals surface area contributed by atoms with Gasteiger partial charge in [0.1, 0.15) is 12.8 Å². The molecular weight excluding hydrogens is 164 g/mol. The Morgan fingerprint density at radius 3 is 2.92 bits per heavy atom. The molecule has 0 aliphatic heterocycles. The summed E-state index contributed by atoms with van der Waals surface area (Å²) < 4.78 is 0. The molecule has 0 aliphatic rings. The zero-order valence-corrected chi connectivity index (χ0v) is 7.32. The third-order valence-electron chi connectivity index (χ3n) is 1.36. The first-order valence-corrected chi connectivity index (χ1v) is 3.95. The Balaban J connectivity index is 2.73. The highest BCUT2D eigenvalue weighted by molar-refractivity contribution is 5.79. The third-order valence-corrected chi connectivity index (χ3v) is 1.36. The van der Waals surface area contributed by atoms with E-state index >= 15 is 0 Å². The van der Waals surface area contributed by atoms with Gasteiger partial charge in [0.15, 0.2) is 0 Å². The van der Waals surface area contributed by atoms with Crippen LogP contribution in [0.15, 0.2) is 29.4 Å². The van der Waals surface area contributed by atoms with Crippen LogP contribution in [0.1, 0.15) is 18.1 Å². The Morgan fingerprint density at radius 1 is 1.46 bits per heavy atom. The van der Waals surface area contributed by atoms with Crippen LogP contribution in [0.25, 0.3) is 0 Å². The molecule has 0 heterocycles. The molecule has 3 nitrogen and oxygen atoms in total. The third kappa shape index (κ3) is 2.96. The van der Waals surface area contributed by atoms with Gasteiger partial charge in [-0.1, -0.05) is 17.3 Å². The minimum absolute atomic E-state index is 0.519. The molecule has 1 aromatic carbocycles. The predicted octanol–water partition coefficient (Wildman–Crippen LogP) is 1.81. The van der Waals surface area contributed by atoms with Crippen molar-refractivity contribution in [2.45, 2.75) is 6.92 Å². The minimum atomic E-state index is 0.519. The molecule has 0 aliphatic carbocycles. The van der Waals surface area contributed by atoms with Gasteiger partial charge in [-0.2, -0.15) is 5.26 Å². The monoisotopic (exact) mass is 173 g/mol. The molecule has 0 saturated heterocycles. The molecule has 0 fully saturated rings. The van der Waals surface area contributed by atoms with E-state index in [1.807, 2.05) is 19.1 Å². The maximum Gasteiger partial charge on any atom is 0.139 e. The summed E-state index contributed by atoms with van der Waals surface area (Å²) >= 11 is 0. The van der Waals surface area contributed by atoms with Crippen LogP contribution in [0.5, 0.6) is 0 Å². The van der Waals surface area contributed by atoms with Crippen LogP contribution in [0, 0.1) is 11.3 Å². The SMILES string of the molecule is CCO/N=[C]/c1cccc(C#N)c1. The number of hydrogen-bond acceptors (Lipinski definition) is 3. The average molecular weight is 173 g/mol. The molecule has 0 aromatic heterocycles. The van der Waals surface area contributed by atoms with E-state index in [9.17, 15) is 0 Å². The fourth-order valence-electron chi connectivity index (χ4n) is 0.808. The fourth-order valence-corrected chi connectivity index (χ4v) is 0.808. The van der Waals surface area contributed by atoms with E-state index < -0.39 is 0 Å². The van der Waals surface area contributed by atoms with Crippen molar-refractivity contribution in [2.75, 3.05) is 6.61 Å².